The van der Waals surface area contributed by atoms with Gasteiger partial charge in [0.2, 0.25) is 0 Å². The summed E-state index contributed by atoms with van der Waals surface area (Å²) in [6.07, 6.45) is 4.14. The second kappa shape index (κ2) is 14.4. The van der Waals surface area contributed by atoms with Crippen LogP contribution in [0, 0.1) is 0 Å². The minimum absolute atomic E-state index is 0. The maximum atomic E-state index is 5.75. The highest BCUT2D eigenvalue weighted by atomic mass is 127. The average Bonchev–Trinajstić information content (AvgIpc) is 3.07. The lowest BCUT2D eigenvalue weighted by Gasteiger charge is -2.22. The number of halogens is 1. The maximum Gasteiger partial charge on any atom is 0.193 e. The van der Waals surface area contributed by atoms with Crippen molar-refractivity contribution in [3.05, 3.63) is 53.3 Å². The van der Waals surface area contributed by atoms with Crippen LogP contribution in [-0.4, -0.2) is 47.4 Å². The van der Waals surface area contributed by atoms with Crippen LogP contribution in [-0.2, 0) is 24.9 Å². The Balaban J connectivity index is 0.00000450. The van der Waals surface area contributed by atoms with Crippen LogP contribution in [0.25, 0.3) is 0 Å². The molecule has 6 nitrogen and oxygen atoms in total. The highest BCUT2D eigenvalue weighted by Crippen LogP contribution is 2.18. The molecule has 0 saturated carbocycles. The van der Waals surface area contributed by atoms with Crippen LogP contribution >= 0.6 is 24.0 Å². The predicted molar refractivity (Wildman–Crippen MR) is 135 cm³/mol. The van der Waals surface area contributed by atoms with Gasteiger partial charge in [0.1, 0.15) is 0 Å². The third kappa shape index (κ3) is 9.04. The highest BCUT2D eigenvalue weighted by molar-refractivity contribution is 14.0. The topological polar surface area (TPSA) is 54.7 Å². The number of aryl methyl sites for hydroxylation is 1. The summed E-state index contributed by atoms with van der Waals surface area (Å²) >= 11 is 0. The number of aromatic nitrogens is 2. The smallest absolute Gasteiger partial charge is 0.193 e. The Hall–Kier alpha value is -1.61. The van der Waals surface area contributed by atoms with E-state index in [0.29, 0.717) is 12.5 Å². The van der Waals surface area contributed by atoms with E-state index in [4.69, 9.17) is 9.73 Å². The van der Waals surface area contributed by atoms with Crippen LogP contribution < -0.4 is 5.32 Å². The number of aliphatic imine (C=N–C) groups is 1. The van der Waals surface area contributed by atoms with Gasteiger partial charge in [0.05, 0.1) is 12.3 Å². The van der Waals surface area contributed by atoms with E-state index in [2.05, 4.69) is 61.5 Å². The zero-order chi connectivity index (χ0) is 21.1. The van der Waals surface area contributed by atoms with Gasteiger partial charge in [-0.3, -0.25) is 9.67 Å². The normalized spacial score (nSPS) is 11.5. The van der Waals surface area contributed by atoms with Gasteiger partial charge in [-0.05, 0) is 31.2 Å². The highest BCUT2D eigenvalue weighted by Gasteiger charge is 2.15. The van der Waals surface area contributed by atoms with E-state index in [0.717, 1.165) is 50.7 Å². The van der Waals surface area contributed by atoms with Gasteiger partial charge in [-0.15, -0.1) is 24.0 Å². The van der Waals surface area contributed by atoms with Crippen molar-refractivity contribution in [2.24, 2.45) is 12.0 Å². The summed E-state index contributed by atoms with van der Waals surface area (Å²) < 4.78 is 7.66. The van der Waals surface area contributed by atoms with Gasteiger partial charge in [0.15, 0.2) is 5.96 Å². The SMILES string of the molecule is CCNC(=NCCCCOCc1ccccc1)N(C)Cc1cn(C)nc1C(C)C.I. The molecule has 7 heteroatoms. The van der Waals surface area contributed by atoms with Crippen molar-refractivity contribution in [3.63, 3.8) is 0 Å². The number of nitrogens with one attached hydrogen (secondary N) is 1. The Kier molecular flexibility index (Phi) is 12.7. The molecule has 0 amide bonds. The molecule has 0 atom stereocenters. The van der Waals surface area contributed by atoms with Crippen molar-refractivity contribution in [1.82, 2.24) is 20.0 Å². The second-order valence-electron chi connectivity index (χ2n) is 7.70. The van der Waals surface area contributed by atoms with E-state index in [1.165, 1.54) is 11.1 Å². The molecule has 0 bridgehead atoms. The molecule has 0 aliphatic carbocycles. The standard InChI is InChI=1S/C23H37N5O.HI/c1-6-24-23(27(4)16-21-17-28(5)26-22(21)19(2)3)25-14-10-11-15-29-18-20-12-8-7-9-13-20;/h7-9,12-13,17,19H,6,10-11,14-16,18H2,1-5H3,(H,24,25);1H. The van der Waals surface area contributed by atoms with Gasteiger partial charge >= 0.3 is 0 Å². The summed E-state index contributed by atoms with van der Waals surface area (Å²) in [5.41, 5.74) is 3.63. The van der Waals surface area contributed by atoms with E-state index in [1.54, 1.807) is 0 Å². The zero-order valence-corrected chi connectivity index (χ0v) is 21.4. The molecule has 0 aliphatic rings. The first-order valence-electron chi connectivity index (χ1n) is 10.6. The number of unbranched alkanes of at least 4 members (excludes halogenated alkanes) is 1. The Morgan fingerprint density at radius 2 is 1.97 bits per heavy atom. The first kappa shape index (κ1) is 26.4. The van der Waals surface area contributed by atoms with E-state index < -0.39 is 0 Å². The largest absolute Gasteiger partial charge is 0.377 e. The zero-order valence-electron chi connectivity index (χ0n) is 19.1. The van der Waals surface area contributed by atoms with Gasteiger partial charge in [0.25, 0.3) is 0 Å². The van der Waals surface area contributed by atoms with Crippen molar-refractivity contribution in [3.8, 4) is 0 Å². The van der Waals surface area contributed by atoms with Crippen molar-refractivity contribution in [2.45, 2.75) is 52.7 Å². The molecule has 0 spiro atoms. The molecule has 2 aromatic rings. The fraction of sp³-hybridized carbons (Fsp3) is 0.565. The number of ether oxygens (including phenoxy) is 1. The van der Waals surface area contributed by atoms with Gasteiger partial charge in [-0.1, -0.05) is 44.2 Å². The quantitative estimate of drug-likeness (QED) is 0.202. The molecule has 1 aromatic carbocycles. The first-order valence-corrected chi connectivity index (χ1v) is 10.6. The maximum absolute atomic E-state index is 5.75. The van der Waals surface area contributed by atoms with E-state index >= 15 is 0 Å². The lowest BCUT2D eigenvalue weighted by molar-refractivity contribution is 0.117. The van der Waals surface area contributed by atoms with Crippen molar-refractivity contribution in [1.29, 1.82) is 0 Å². The van der Waals surface area contributed by atoms with Crippen LogP contribution in [0.5, 0.6) is 0 Å². The van der Waals surface area contributed by atoms with Crippen LogP contribution in [0.2, 0.25) is 0 Å². The Morgan fingerprint density at radius 3 is 2.63 bits per heavy atom. The lowest BCUT2D eigenvalue weighted by Crippen LogP contribution is -2.38. The van der Waals surface area contributed by atoms with Gasteiger partial charge < -0.3 is 15.0 Å². The summed E-state index contributed by atoms with van der Waals surface area (Å²) in [6.45, 7) is 10.4. The first-order chi connectivity index (χ1) is 14.0. The average molecular weight is 527 g/mol. The van der Waals surface area contributed by atoms with E-state index in [-0.39, 0.29) is 24.0 Å². The molecule has 168 valence electrons. The fourth-order valence-electron chi connectivity index (χ4n) is 3.23. The Labute approximate surface area is 199 Å². The lowest BCUT2D eigenvalue weighted by atomic mass is 10.1. The molecule has 0 aliphatic heterocycles. The van der Waals surface area contributed by atoms with Crippen molar-refractivity contribution >= 4 is 29.9 Å². The van der Waals surface area contributed by atoms with Gasteiger partial charge in [-0.2, -0.15) is 5.10 Å². The van der Waals surface area contributed by atoms with E-state index in [1.807, 2.05) is 29.9 Å². The molecule has 0 saturated heterocycles. The molecule has 1 N–H and O–H groups in total. The molecule has 0 unspecified atom stereocenters. The number of rotatable bonds is 11. The minimum atomic E-state index is 0. The monoisotopic (exact) mass is 527 g/mol. The molecule has 0 radical (unpaired) electrons. The molecule has 1 heterocycles. The van der Waals surface area contributed by atoms with Crippen LogP contribution in [0.1, 0.15) is 56.4 Å². The molecule has 0 fully saturated rings. The summed E-state index contributed by atoms with van der Waals surface area (Å²) in [4.78, 5) is 6.97. The molecular weight excluding hydrogens is 489 g/mol. The third-order valence-electron chi connectivity index (χ3n) is 4.66. The summed E-state index contributed by atoms with van der Waals surface area (Å²) in [6, 6.07) is 10.3. The van der Waals surface area contributed by atoms with Gasteiger partial charge in [-0.25, -0.2) is 0 Å². The van der Waals surface area contributed by atoms with Gasteiger partial charge in [0, 0.05) is 52.1 Å². The van der Waals surface area contributed by atoms with Crippen LogP contribution in [0.4, 0.5) is 0 Å². The number of guanidine groups is 1. The van der Waals surface area contributed by atoms with E-state index in [9.17, 15) is 0 Å². The van der Waals surface area contributed by atoms with Crippen molar-refractivity contribution in [2.75, 3.05) is 26.7 Å². The fourth-order valence-corrected chi connectivity index (χ4v) is 3.23. The minimum Gasteiger partial charge on any atom is -0.377 e. The Bertz CT molecular complexity index is 745. The number of nitrogens with zero attached hydrogens (tertiary/aromatic N) is 4. The van der Waals surface area contributed by atoms with Crippen molar-refractivity contribution < 1.29 is 4.74 Å². The summed E-state index contributed by atoms with van der Waals surface area (Å²) in [5, 5.41) is 8.01. The molecule has 30 heavy (non-hydrogen) atoms. The van der Waals surface area contributed by atoms with Crippen LogP contribution in [0.15, 0.2) is 41.5 Å². The molecule has 2 rings (SSSR count). The predicted octanol–water partition coefficient (Wildman–Crippen LogP) is 4.56. The van der Waals surface area contributed by atoms with Crippen LogP contribution in [0.3, 0.4) is 0 Å². The molecule has 1 aromatic heterocycles. The number of hydrogen-bond acceptors (Lipinski definition) is 3. The summed E-state index contributed by atoms with van der Waals surface area (Å²) in [5.74, 6) is 1.35. The second-order valence-corrected chi connectivity index (χ2v) is 7.70. The number of hydrogen-bond donors (Lipinski definition) is 1. The summed E-state index contributed by atoms with van der Waals surface area (Å²) in [7, 11) is 4.07. The third-order valence-corrected chi connectivity index (χ3v) is 4.66. The number of benzene rings is 1. The Morgan fingerprint density at radius 1 is 1.23 bits per heavy atom. The molecular formula is C23H38IN5O.